The summed E-state index contributed by atoms with van der Waals surface area (Å²) in [6, 6.07) is 8.07. The first kappa shape index (κ1) is 21.2. The van der Waals surface area contributed by atoms with Crippen LogP contribution in [-0.4, -0.2) is 41.3 Å². The third-order valence-electron chi connectivity index (χ3n) is 4.30. The van der Waals surface area contributed by atoms with Gasteiger partial charge in [-0.15, -0.1) is 0 Å². The molecule has 1 aliphatic heterocycles. The van der Waals surface area contributed by atoms with Gasteiger partial charge in [-0.2, -0.15) is 4.31 Å². The van der Waals surface area contributed by atoms with Crippen LogP contribution >= 0.6 is 23.2 Å². The first-order chi connectivity index (χ1) is 13.1. The van der Waals surface area contributed by atoms with E-state index < -0.39 is 20.0 Å². The topological polar surface area (TPSA) is 92.8 Å². The summed E-state index contributed by atoms with van der Waals surface area (Å²) < 4.78 is 60.1. The number of nitrogens with one attached hydrogen (secondary N) is 1. The maximum Gasteiger partial charge on any atom is 0.263 e. The molecule has 0 aliphatic carbocycles. The van der Waals surface area contributed by atoms with Crippen molar-refractivity contribution in [1.29, 1.82) is 0 Å². The predicted octanol–water partition coefficient (Wildman–Crippen LogP) is 3.59. The quantitative estimate of drug-likeness (QED) is 0.704. The van der Waals surface area contributed by atoms with Gasteiger partial charge in [-0.05, 0) is 49.2 Å². The molecule has 3 rings (SSSR count). The Morgan fingerprint density at radius 3 is 2.32 bits per heavy atom. The highest BCUT2D eigenvalue weighted by atomic mass is 35.5. The summed E-state index contributed by atoms with van der Waals surface area (Å²) >= 11 is 11.9. The second-order valence-corrected chi connectivity index (χ2v) is 10.6. The van der Waals surface area contributed by atoms with Crippen LogP contribution in [0, 0.1) is 0 Å². The zero-order valence-corrected chi connectivity index (χ0v) is 18.0. The van der Waals surface area contributed by atoms with Crippen LogP contribution in [0.2, 0.25) is 10.0 Å². The Hall–Kier alpha value is -1.52. The lowest BCUT2D eigenvalue weighted by Crippen LogP contribution is -2.28. The summed E-state index contributed by atoms with van der Waals surface area (Å²) in [5, 5.41) is 0.179. The molecule has 0 spiro atoms. The third kappa shape index (κ3) is 4.23. The molecule has 0 bridgehead atoms. The average molecular weight is 465 g/mol. The Kier molecular flexibility index (Phi) is 6.11. The van der Waals surface area contributed by atoms with E-state index in [9.17, 15) is 16.8 Å². The second kappa shape index (κ2) is 8.08. The molecule has 11 heteroatoms. The van der Waals surface area contributed by atoms with Gasteiger partial charge in [-0.3, -0.25) is 4.72 Å². The van der Waals surface area contributed by atoms with Gasteiger partial charge in [0.1, 0.15) is 10.6 Å². The van der Waals surface area contributed by atoms with Crippen molar-refractivity contribution >= 4 is 48.9 Å². The zero-order valence-electron chi connectivity index (χ0n) is 14.9. The molecule has 1 fully saturated rings. The minimum atomic E-state index is -4.14. The van der Waals surface area contributed by atoms with Crippen molar-refractivity contribution in [3.63, 3.8) is 0 Å². The molecule has 0 saturated carbocycles. The highest BCUT2D eigenvalue weighted by Crippen LogP contribution is 2.33. The van der Waals surface area contributed by atoms with Crippen molar-refractivity contribution < 1.29 is 21.6 Å². The van der Waals surface area contributed by atoms with Crippen molar-refractivity contribution in [1.82, 2.24) is 4.31 Å². The summed E-state index contributed by atoms with van der Waals surface area (Å²) in [7, 11) is -6.51. The molecule has 0 aromatic heterocycles. The number of ether oxygens (including phenoxy) is 1. The van der Waals surface area contributed by atoms with Gasteiger partial charge in [0, 0.05) is 18.1 Å². The van der Waals surface area contributed by atoms with Crippen LogP contribution in [0.3, 0.4) is 0 Å². The van der Waals surface area contributed by atoms with Crippen molar-refractivity contribution in [3.05, 3.63) is 46.4 Å². The maximum atomic E-state index is 12.8. The number of halogens is 2. The normalized spacial score (nSPS) is 15.5. The summed E-state index contributed by atoms with van der Waals surface area (Å²) in [6.45, 7) is 0.876. The predicted molar refractivity (Wildman–Crippen MR) is 108 cm³/mol. The standard InChI is InChI=1S/C17H18Cl2N2O5S2/c1-26-16-7-5-13(28(24,25)21-8-2-3-9-21)11-15(16)20-27(22,23)17-10-12(18)4-6-14(17)19/h4-7,10-11,20H,2-3,8-9H2,1H3. The summed E-state index contributed by atoms with van der Waals surface area (Å²) in [6.07, 6.45) is 1.59. The van der Waals surface area contributed by atoms with Crippen LogP contribution in [-0.2, 0) is 20.0 Å². The number of sulfonamides is 2. The minimum Gasteiger partial charge on any atom is -0.495 e. The van der Waals surface area contributed by atoms with Crippen LogP contribution in [0.15, 0.2) is 46.2 Å². The number of methoxy groups -OCH3 is 1. The molecule has 0 unspecified atom stereocenters. The number of benzene rings is 2. The van der Waals surface area contributed by atoms with E-state index >= 15 is 0 Å². The number of nitrogens with zero attached hydrogens (tertiary/aromatic N) is 1. The molecule has 1 N–H and O–H groups in total. The van der Waals surface area contributed by atoms with Crippen LogP contribution in [0.5, 0.6) is 5.75 Å². The first-order valence-electron chi connectivity index (χ1n) is 8.31. The molecule has 2 aromatic carbocycles. The summed E-state index contributed by atoms with van der Waals surface area (Å²) in [4.78, 5) is -0.249. The van der Waals surface area contributed by atoms with Crippen molar-refractivity contribution in [2.45, 2.75) is 22.6 Å². The molecule has 0 amide bonds. The van der Waals surface area contributed by atoms with Crippen LogP contribution in [0.1, 0.15) is 12.8 Å². The SMILES string of the molecule is COc1ccc(S(=O)(=O)N2CCCC2)cc1NS(=O)(=O)c1cc(Cl)ccc1Cl. The van der Waals surface area contributed by atoms with E-state index in [2.05, 4.69) is 4.72 Å². The lowest BCUT2D eigenvalue weighted by atomic mass is 10.3. The van der Waals surface area contributed by atoms with E-state index in [1.165, 1.54) is 47.8 Å². The molecule has 28 heavy (non-hydrogen) atoms. The zero-order chi connectivity index (χ0) is 20.5. The minimum absolute atomic E-state index is 0.0150. The van der Waals surface area contributed by atoms with E-state index in [1.807, 2.05) is 0 Å². The molecule has 7 nitrogen and oxygen atoms in total. The second-order valence-electron chi connectivity index (χ2n) is 6.15. The van der Waals surface area contributed by atoms with Gasteiger partial charge < -0.3 is 4.74 Å². The fourth-order valence-electron chi connectivity index (χ4n) is 2.89. The van der Waals surface area contributed by atoms with Gasteiger partial charge in [0.2, 0.25) is 10.0 Å². The Labute approximate surface area is 174 Å². The number of hydrogen-bond donors (Lipinski definition) is 1. The molecule has 152 valence electrons. The number of anilines is 1. The molecule has 1 saturated heterocycles. The van der Waals surface area contributed by atoms with E-state index in [1.54, 1.807) is 0 Å². The lowest BCUT2D eigenvalue weighted by molar-refractivity contribution is 0.416. The fourth-order valence-corrected chi connectivity index (χ4v) is 6.26. The largest absolute Gasteiger partial charge is 0.495 e. The Balaban J connectivity index is 2.02. The number of rotatable bonds is 6. The van der Waals surface area contributed by atoms with Gasteiger partial charge in [-0.1, -0.05) is 23.2 Å². The van der Waals surface area contributed by atoms with E-state index in [4.69, 9.17) is 27.9 Å². The van der Waals surface area contributed by atoms with Gasteiger partial charge in [0.15, 0.2) is 0 Å². The molecule has 0 atom stereocenters. The molecule has 0 radical (unpaired) electrons. The van der Waals surface area contributed by atoms with Crippen molar-refractivity contribution in [2.75, 3.05) is 24.9 Å². The van der Waals surface area contributed by atoms with Gasteiger partial charge in [0.25, 0.3) is 10.0 Å². The molecule has 1 heterocycles. The van der Waals surface area contributed by atoms with E-state index in [-0.39, 0.29) is 31.3 Å². The van der Waals surface area contributed by atoms with E-state index in [0.717, 1.165) is 12.8 Å². The molecular weight excluding hydrogens is 447 g/mol. The van der Waals surface area contributed by atoms with Crippen LogP contribution < -0.4 is 9.46 Å². The van der Waals surface area contributed by atoms with Crippen LogP contribution in [0.25, 0.3) is 0 Å². The van der Waals surface area contributed by atoms with E-state index in [0.29, 0.717) is 13.1 Å². The first-order valence-corrected chi connectivity index (χ1v) is 12.0. The molecule has 1 aliphatic rings. The van der Waals surface area contributed by atoms with Gasteiger partial charge in [0.05, 0.1) is 22.7 Å². The summed E-state index contributed by atoms with van der Waals surface area (Å²) in [5.74, 6) is 0.169. The smallest absolute Gasteiger partial charge is 0.263 e. The Morgan fingerprint density at radius 1 is 1.00 bits per heavy atom. The third-order valence-corrected chi connectivity index (χ3v) is 8.28. The highest BCUT2D eigenvalue weighted by molar-refractivity contribution is 7.93. The van der Waals surface area contributed by atoms with Gasteiger partial charge in [-0.25, -0.2) is 16.8 Å². The van der Waals surface area contributed by atoms with Crippen LogP contribution in [0.4, 0.5) is 5.69 Å². The summed E-state index contributed by atoms with van der Waals surface area (Å²) in [5.41, 5.74) is -0.0150. The maximum absolute atomic E-state index is 12.8. The highest BCUT2D eigenvalue weighted by Gasteiger charge is 2.29. The number of hydrogen-bond acceptors (Lipinski definition) is 5. The van der Waals surface area contributed by atoms with Gasteiger partial charge >= 0.3 is 0 Å². The average Bonchev–Trinajstić information content (AvgIpc) is 3.19. The lowest BCUT2D eigenvalue weighted by Gasteiger charge is -2.18. The fraction of sp³-hybridized carbons (Fsp3) is 0.294. The van der Waals surface area contributed by atoms with Crippen molar-refractivity contribution in [3.8, 4) is 5.75 Å². The molecule has 2 aromatic rings. The Morgan fingerprint density at radius 2 is 1.68 bits per heavy atom. The van der Waals surface area contributed by atoms with Crippen molar-refractivity contribution in [2.24, 2.45) is 0 Å². The Bertz CT molecular complexity index is 1100. The molecular formula is C17H18Cl2N2O5S2. The monoisotopic (exact) mass is 464 g/mol.